The van der Waals surface area contributed by atoms with Crippen molar-refractivity contribution < 1.29 is 32.4 Å². The van der Waals surface area contributed by atoms with Gasteiger partial charge in [0.05, 0.1) is 22.4 Å². The second-order valence-electron chi connectivity index (χ2n) is 7.75. The highest BCUT2D eigenvalue weighted by Crippen LogP contribution is 2.31. The van der Waals surface area contributed by atoms with Crippen molar-refractivity contribution in [1.29, 1.82) is 0 Å². The number of hydrogen-bond donors (Lipinski definition) is 0. The second-order valence-corrected chi connectivity index (χ2v) is 7.75. The van der Waals surface area contributed by atoms with Crippen LogP contribution in [0, 0.1) is 17.0 Å². The van der Waals surface area contributed by atoms with Crippen molar-refractivity contribution in [1.82, 2.24) is 14.8 Å². The topological polar surface area (TPSA) is 120 Å². The van der Waals surface area contributed by atoms with E-state index in [1.807, 2.05) is 0 Å². The summed E-state index contributed by atoms with van der Waals surface area (Å²) >= 11 is 0. The van der Waals surface area contributed by atoms with Crippen molar-refractivity contribution in [2.75, 3.05) is 18.1 Å². The van der Waals surface area contributed by atoms with Gasteiger partial charge < -0.3 is 9.64 Å². The molecule has 0 unspecified atom stereocenters. The van der Waals surface area contributed by atoms with Crippen molar-refractivity contribution >= 4 is 23.3 Å². The molecule has 13 heteroatoms. The standard InChI is InChI=1S/C22H18F3N5O5/c1-13-17(11-27-29(13)19-7-4-15(10-26-19)22(23,24)25)21(32)35-12-20(31)28-8-2-3-14-9-16(30(33)34)5-6-18(14)28/h4-7,9-11H,2-3,8,12H2,1H3. The average molecular weight is 489 g/mol. The molecule has 3 aromatic rings. The number of nitro benzene ring substituents is 1. The van der Waals surface area contributed by atoms with Crippen LogP contribution in [-0.4, -0.2) is 44.7 Å². The fourth-order valence-electron chi connectivity index (χ4n) is 3.76. The van der Waals surface area contributed by atoms with Crippen LogP contribution in [0.5, 0.6) is 0 Å². The Morgan fingerprint density at radius 3 is 2.63 bits per heavy atom. The fourth-order valence-corrected chi connectivity index (χ4v) is 3.76. The SMILES string of the molecule is Cc1c(C(=O)OCC(=O)N2CCCc3cc([N+](=O)[O-])ccc32)cnn1-c1ccc(C(F)(F)F)cn1. The molecule has 35 heavy (non-hydrogen) atoms. The maximum absolute atomic E-state index is 12.7. The second kappa shape index (κ2) is 9.16. The van der Waals surface area contributed by atoms with E-state index in [2.05, 4.69) is 10.1 Å². The van der Waals surface area contributed by atoms with Gasteiger partial charge in [-0.2, -0.15) is 18.3 Å². The molecule has 1 aliphatic rings. The maximum Gasteiger partial charge on any atom is 0.417 e. The van der Waals surface area contributed by atoms with Gasteiger partial charge in [0.15, 0.2) is 12.4 Å². The number of aryl methyl sites for hydroxylation is 1. The molecule has 1 aromatic carbocycles. The number of alkyl halides is 3. The van der Waals surface area contributed by atoms with Crippen molar-refractivity contribution in [3.63, 3.8) is 0 Å². The third kappa shape index (κ3) is 4.83. The van der Waals surface area contributed by atoms with Crippen LogP contribution in [-0.2, 0) is 22.1 Å². The van der Waals surface area contributed by atoms with E-state index in [1.165, 1.54) is 40.9 Å². The molecule has 2 aromatic heterocycles. The van der Waals surface area contributed by atoms with E-state index in [0.29, 0.717) is 36.8 Å². The zero-order chi connectivity index (χ0) is 25.3. The highest BCUT2D eigenvalue weighted by Gasteiger charge is 2.31. The number of nitro groups is 1. The predicted molar refractivity (Wildman–Crippen MR) is 115 cm³/mol. The number of nitrogens with zero attached hydrogens (tertiary/aromatic N) is 5. The monoisotopic (exact) mass is 489 g/mol. The highest BCUT2D eigenvalue weighted by atomic mass is 19.4. The highest BCUT2D eigenvalue weighted by molar-refractivity contribution is 5.98. The summed E-state index contributed by atoms with van der Waals surface area (Å²) in [6, 6.07) is 6.21. The van der Waals surface area contributed by atoms with Gasteiger partial charge in [-0.15, -0.1) is 0 Å². The number of carbonyl (C=O) groups is 2. The number of carbonyl (C=O) groups excluding carboxylic acids is 2. The summed E-state index contributed by atoms with van der Waals surface area (Å²) in [6.45, 7) is 1.31. The van der Waals surface area contributed by atoms with Gasteiger partial charge in [-0.1, -0.05) is 0 Å². The molecule has 10 nitrogen and oxygen atoms in total. The number of halogens is 3. The molecule has 0 atom stereocenters. The van der Waals surface area contributed by atoms with Crippen LogP contribution in [0.25, 0.3) is 5.82 Å². The minimum absolute atomic E-state index is 0.0224. The third-order valence-corrected chi connectivity index (χ3v) is 5.54. The lowest BCUT2D eigenvalue weighted by molar-refractivity contribution is -0.384. The Kier molecular flexibility index (Phi) is 6.24. The van der Waals surface area contributed by atoms with Gasteiger partial charge in [-0.3, -0.25) is 14.9 Å². The van der Waals surface area contributed by atoms with Gasteiger partial charge in [-0.25, -0.2) is 14.5 Å². The first-order valence-electron chi connectivity index (χ1n) is 10.4. The minimum atomic E-state index is -4.53. The van der Waals surface area contributed by atoms with Gasteiger partial charge >= 0.3 is 12.1 Å². The summed E-state index contributed by atoms with van der Waals surface area (Å²) in [5.74, 6) is -1.26. The van der Waals surface area contributed by atoms with Gasteiger partial charge in [-0.05, 0) is 43.5 Å². The summed E-state index contributed by atoms with van der Waals surface area (Å²) < 4.78 is 44.6. The molecule has 182 valence electrons. The van der Waals surface area contributed by atoms with Crippen LogP contribution >= 0.6 is 0 Å². The number of hydrogen-bond acceptors (Lipinski definition) is 7. The Bertz CT molecular complexity index is 1300. The number of anilines is 1. The lowest BCUT2D eigenvalue weighted by Crippen LogP contribution is -2.38. The molecule has 0 spiro atoms. The molecule has 0 radical (unpaired) electrons. The number of esters is 1. The molecular formula is C22H18F3N5O5. The summed E-state index contributed by atoms with van der Waals surface area (Å²) in [5.41, 5.74) is 0.490. The lowest BCUT2D eigenvalue weighted by Gasteiger charge is -2.29. The number of amides is 1. The molecule has 3 heterocycles. The molecule has 0 N–H and O–H groups in total. The summed E-state index contributed by atoms with van der Waals surface area (Å²) in [5, 5.41) is 15.0. The zero-order valence-electron chi connectivity index (χ0n) is 18.3. The van der Waals surface area contributed by atoms with E-state index in [-0.39, 0.29) is 22.8 Å². The number of fused-ring (bicyclic) bond motifs is 1. The van der Waals surface area contributed by atoms with E-state index >= 15 is 0 Å². The number of aromatic nitrogens is 3. The van der Waals surface area contributed by atoms with Crippen molar-refractivity contribution in [2.24, 2.45) is 0 Å². The Morgan fingerprint density at radius 1 is 1.20 bits per heavy atom. The first-order chi connectivity index (χ1) is 16.6. The molecule has 0 bridgehead atoms. The number of pyridine rings is 1. The molecule has 1 amide bonds. The maximum atomic E-state index is 12.7. The van der Waals surface area contributed by atoms with E-state index in [9.17, 15) is 32.9 Å². The molecule has 0 aliphatic carbocycles. The van der Waals surface area contributed by atoms with E-state index < -0.39 is 35.1 Å². The molecular weight excluding hydrogens is 471 g/mol. The predicted octanol–water partition coefficient (Wildman–Crippen LogP) is 3.64. The summed E-state index contributed by atoms with van der Waals surface area (Å²) in [7, 11) is 0. The number of non-ortho nitro benzene ring substituents is 1. The Balaban J connectivity index is 1.44. The van der Waals surface area contributed by atoms with E-state index in [4.69, 9.17) is 4.74 Å². The normalized spacial score (nSPS) is 13.3. The van der Waals surface area contributed by atoms with Gasteiger partial charge in [0.2, 0.25) is 0 Å². The Hall–Kier alpha value is -4.29. The van der Waals surface area contributed by atoms with Gasteiger partial charge in [0.25, 0.3) is 11.6 Å². The van der Waals surface area contributed by atoms with Crippen molar-refractivity contribution in [3.05, 3.63) is 75.2 Å². The quantitative estimate of drug-likeness (QED) is 0.305. The van der Waals surface area contributed by atoms with Crippen LogP contribution in [0.4, 0.5) is 24.5 Å². The molecule has 0 saturated carbocycles. The molecule has 0 fully saturated rings. The smallest absolute Gasteiger partial charge is 0.417 e. The minimum Gasteiger partial charge on any atom is -0.452 e. The van der Waals surface area contributed by atoms with Crippen LogP contribution in [0.3, 0.4) is 0 Å². The summed E-state index contributed by atoms with van der Waals surface area (Å²) in [6.07, 6.45) is -1.51. The van der Waals surface area contributed by atoms with E-state index in [0.717, 1.165) is 12.1 Å². The van der Waals surface area contributed by atoms with Crippen LogP contribution in [0.2, 0.25) is 0 Å². The van der Waals surface area contributed by atoms with Crippen LogP contribution in [0.15, 0.2) is 42.7 Å². The van der Waals surface area contributed by atoms with Crippen molar-refractivity contribution in [2.45, 2.75) is 25.9 Å². The first kappa shape index (κ1) is 23.9. The fraction of sp³-hybridized carbons (Fsp3) is 0.273. The first-order valence-corrected chi connectivity index (χ1v) is 10.4. The third-order valence-electron chi connectivity index (χ3n) is 5.54. The summed E-state index contributed by atoms with van der Waals surface area (Å²) in [4.78, 5) is 40.9. The van der Waals surface area contributed by atoms with E-state index in [1.54, 1.807) is 0 Å². The Morgan fingerprint density at radius 2 is 1.97 bits per heavy atom. The molecule has 0 saturated heterocycles. The number of rotatable bonds is 5. The lowest BCUT2D eigenvalue weighted by atomic mass is 10.0. The largest absolute Gasteiger partial charge is 0.452 e. The van der Waals surface area contributed by atoms with Crippen molar-refractivity contribution in [3.8, 4) is 5.82 Å². The molecule has 1 aliphatic heterocycles. The van der Waals surface area contributed by atoms with Crippen LogP contribution in [0.1, 0.15) is 33.6 Å². The zero-order valence-corrected chi connectivity index (χ0v) is 18.3. The average Bonchev–Trinajstić information content (AvgIpc) is 3.22. The number of benzene rings is 1. The number of ether oxygens (including phenoxy) is 1. The Labute approximate surface area is 196 Å². The molecule has 4 rings (SSSR count). The van der Waals surface area contributed by atoms with Gasteiger partial charge in [0, 0.05) is 30.6 Å². The van der Waals surface area contributed by atoms with Crippen LogP contribution < -0.4 is 4.90 Å². The van der Waals surface area contributed by atoms with Gasteiger partial charge in [0.1, 0.15) is 5.56 Å².